The third-order valence-electron chi connectivity index (χ3n) is 6.02. The number of hydrogen-bond acceptors (Lipinski definition) is 5. The van der Waals surface area contributed by atoms with E-state index in [1.54, 1.807) is 24.3 Å². The van der Waals surface area contributed by atoms with Crippen molar-refractivity contribution in [3.8, 4) is 11.3 Å². The summed E-state index contributed by atoms with van der Waals surface area (Å²) in [4.78, 5) is 12.4. The second-order valence-corrected chi connectivity index (χ2v) is 10.6. The molecule has 1 aliphatic heterocycles. The molecule has 0 amide bonds. The van der Waals surface area contributed by atoms with Gasteiger partial charge in [0.15, 0.2) is 9.84 Å². The first-order valence-corrected chi connectivity index (χ1v) is 12.7. The van der Waals surface area contributed by atoms with E-state index in [1.807, 2.05) is 18.2 Å². The Labute approximate surface area is 192 Å². The largest absolute Gasteiger partial charge is 0.286 e. The highest BCUT2D eigenvalue weighted by atomic mass is 35.5. The van der Waals surface area contributed by atoms with Gasteiger partial charge in [-0.3, -0.25) is 4.90 Å². The highest BCUT2D eigenvalue weighted by Gasteiger charge is 2.29. The van der Waals surface area contributed by atoms with E-state index >= 15 is 0 Å². The van der Waals surface area contributed by atoms with Gasteiger partial charge in [-0.1, -0.05) is 60.1 Å². The van der Waals surface area contributed by atoms with E-state index in [0.717, 1.165) is 18.8 Å². The maximum Gasteiger partial charge on any atom is 0.176 e. The predicted octanol–water partition coefficient (Wildman–Crippen LogP) is 5.43. The summed E-state index contributed by atoms with van der Waals surface area (Å²) in [6.07, 6.45) is 1.22. The lowest BCUT2D eigenvalue weighted by Crippen LogP contribution is -2.23. The van der Waals surface area contributed by atoms with Crippen molar-refractivity contribution >= 4 is 32.5 Å². The van der Waals surface area contributed by atoms with Gasteiger partial charge in [0.1, 0.15) is 5.52 Å². The summed E-state index contributed by atoms with van der Waals surface area (Å²) in [5.41, 5.74) is 5.69. The lowest BCUT2D eigenvalue weighted by atomic mass is 10.0. The Bertz CT molecular complexity index is 1430. The van der Waals surface area contributed by atoms with E-state index in [1.165, 1.54) is 17.4 Å². The minimum atomic E-state index is -3.46. The molecule has 1 atom stereocenters. The van der Waals surface area contributed by atoms with Crippen molar-refractivity contribution in [1.82, 2.24) is 14.9 Å². The van der Waals surface area contributed by atoms with Crippen LogP contribution in [0.1, 0.15) is 29.8 Å². The van der Waals surface area contributed by atoms with Crippen LogP contribution in [0.15, 0.2) is 71.6 Å². The second-order valence-electron chi connectivity index (χ2n) is 8.18. The van der Waals surface area contributed by atoms with E-state index in [4.69, 9.17) is 21.6 Å². The molecule has 5 rings (SSSR count). The minimum Gasteiger partial charge on any atom is -0.286 e. The maximum atomic E-state index is 12.6. The molecule has 0 saturated heterocycles. The van der Waals surface area contributed by atoms with Crippen molar-refractivity contribution in [1.29, 1.82) is 0 Å². The summed E-state index contributed by atoms with van der Waals surface area (Å²) >= 11 is 6.43. The fraction of sp³-hybridized carbons (Fsp3) is 0.200. The first kappa shape index (κ1) is 21.1. The summed E-state index contributed by atoms with van der Waals surface area (Å²) in [5.74, 6) is 0. The summed E-state index contributed by atoms with van der Waals surface area (Å²) < 4.78 is 25.1. The fourth-order valence-corrected chi connectivity index (χ4v) is 5.44. The summed E-state index contributed by atoms with van der Waals surface area (Å²) in [7, 11) is -3.46. The average Bonchev–Trinajstić information content (AvgIpc) is 3.22. The third-order valence-corrected chi connectivity index (χ3v) is 7.48. The lowest BCUT2D eigenvalue weighted by molar-refractivity contribution is 0.211. The molecule has 0 bridgehead atoms. The molecule has 7 heteroatoms. The fourth-order valence-electron chi connectivity index (χ4n) is 4.34. The normalized spacial score (nSPS) is 15.1. The molecule has 4 aromatic rings. The van der Waals surface area contributed by atoms with Crippen LogP contribution in [0.3, 0.4) is 0 Å². The standard InChI is InChI=1S/C25H22ClN3O2S/c1-16(29-14-17-8-3-4-9-18(17)15-29)23-24(19-10-5-6-13-22(19)32(2,30)31)28-25-20(26)11-7-12-21(25)27-23/h3-13,16H,14-15H2,1-2H3/t16-/m0/s1. The Balaban J connectivity index is 1.71. The third kappa shape index (κ3) is 3.68. The Morgan fingerprint density at radius 2 is 1.56 bits per heavy atom. The SMILES string of the molecule is C[C@@H](c1nc2cccc(Cl)c2nc1-c1ccccc1S(C)(=O)=O)N1Cc2ccccc2C1. The topological polar surface area (TPSA) is 63.2 Å². The van der Waals surface area contributed by atoms with Crippen LogP contribution in [-0.2, 0) is 22.9 Å². The predicted molar refractivity (Wildman–Crippen MR) is 127 cm³/mol. The molecule has 0 saturated carbocycles. The molecule has 0 N–H and O–H groups in total. The zero-order valence-electron chi connectivity index (χ0n) is 17.8. The molecule has 0 fully saturated rings. The van der Waals surface area contributed by atoms with Crippen LogP contribution >= 0.6 is 11.6 Å². The quantitative estimate of drug-likeness (QED) is 0.403. The van der Waals surface area contributed by atoms with Crippen molar-refractivity contribution in [2.75, 3.05) is 6.26 Å². The first-order valence-electron chi connectivity index (χ1n) is 10.4. The summed E-state index contributed by atoms with van der Waals surface area (Å²) in [6, 6.07) is 20.8. The summed E-state index contributed by atoms with van der Waals surface area (Å²) in [6.45, 7) is 3.71. The molecule has 32 heavy (non-hydrogen) atoms. The minimum absolute atomic E-state index is 0.0825. The maximum absolute atomic E-state index is 12.6. The lowest BCUT2D eigenvalue weighted by Gasteiger charge is -2.25. The Morgan fingerprint density at radius 3 is 2.25 bits per heavy atom. The first-order chi connectivity index (χ1) is 15.3. The van der Waals surface area contributed by atoms with Crippen LogP contribution in [-0.4, -0.2) is 29.5 Å². The van der Waals surface area contributed by atoms with E-state index in [0.29, 0.717) is 27.3 Å². The van der Waals surface area contributed by atoms with E-state index in [-0.39, 0.29) is 10.9 Å². The van der Waals surface area contributed by atoms with Gasteiger partial charge in [-0.25, -0.2) is 18.4 Å². The van der Waals surface area contributed by atoms with Gasteiger partial charge < -0.3 is 0 Å². The molecule has 3 aromatic carbocycles. The highest BCUT2D eigenvalue weighted by Crippen LogP contribution is 2.37. The van der Waals surface area contributed by atoms with Crippen molar-refractivity contribution in [3.63, 3.8) is 0 Å². The highest BCUT2D eigenvalue weighted by molar-refractivity contribution is 7.90. The Morgan fingerprint density at radius 1 is 0.906 bits per heavy atom. The van der Waals surface area contributed by atoms with Gasteiger partial charge in [0, 0.05) is 24.9 Å². The Hall–Kier alpha value is -2.80. The number of nitrogens with zero attached hydrogens (tertiary/aromatic N) is 3. The van der Waals surface area contributed by atoms with Gasteiger partial charge in [-0.15, -0.1) is 0 Å². The molecular weight excluding hydrogens is 442 g/mol. The number of benzene rings is 3. The molecule has 0 unspecified atom stereocenters. The monoisotopic (exact) mass is 463 g/mol. The molecular formula is C25H22ClN3O2S. The van der Waals surface area contributed by atoms with Crippen LogP contribution in [0.2, 0.25) is 5.02 Å². The van der Waals surface area contributed by atoms with Gasteiger partial charge in [0.05, 0.1) is 32.9 Å². The number of rotatable bonds is 4. The molecule has 0 aliphatic carbocycles. The number of aromatic nitrogens is 2. The van der Waals surface area contributed by atoms with Crippen molar-refractivity contribution < 1.29 is 8.42 Å². The van der Waals surface area contributed by atoms with Crippen LogP contribution < -0.4 is 0 Å². The number of sulfone groups is 1. The molecule has 1 aliphatic rings. The number of hydrogen-bond donors (Lipinski definition) is 0. The Kier molecular flexibility index (Phi) is 5.24. The van der Waals surface area contributed by atoms with Gasteiger partial charge in [-0.2, -0.15) is 0 Å². The molecule has 162 valence electrons. The van der Waals surface area contributed by atoms with Gasteiger partial charge in [0.2, 0.25) is 0 Å². The van der Waals surface area contributed by atoms with Crippen LogP contribution in [0.4, 0.5) is 0 Å². The number of halogens is 1. The zero-order chi connectivity index (χ0) is 22.5. The van der Waals surface area contributed by atoms with Gasteiger partial charge in [-0.05, 0) is 36.2 Å². The van der Waals surface area contributed by atoms with E-state index in [9.17, 15) is 8.42 Å². The molecule has 0 spiro atoms. The van der Waals surface area contributed by atoms with Gasteiger partial charge >= 0.3 is 0 Å². The number of fused-ring (bicyclic) bond motifs is 2. The average molecular weight is 464 g/mol. The van der Waals surface area contributed by atoms with E-state index in [2.05, 4.69) is 36.1 Å². The number of para-hydroxylation sites is 1. The van der Waals surface area contributed by atoms with E-state index < -0.39 is 9.84 Å². The van der Waals surface area contributed by atoms with Gasteiger partial charge in [0.25, 0.3) is 0 Å². The molecule has 1 aromatic heterocycles. The van der Waals surface area contributed by atoms with Crippen LogP contribution in [0.5, 0.6) is 0 Å². The molecule has 5 nitrogen and oxygen atoms in total. The van der Waals surface area contributed by atoms with Crippen molar-refractivity contribution in [3.05, 3.63) is 88.6 Å². The molecule has 0 radical (unpaired) electrons. The van der Waals surface area contributed by atoms with Crippen molar-refractivity contribution in [2.24, 2.45) is 0 Å². The van der Waals surface area contributed by atoms with Crippen LogP contribution in [0, 0.1) is 0 Å². The van der Waals surface area contributed by atoms with Crippen molar-refractivity contribution in [2.45, 2.75) is 31.0 Å². The van der Waals surface area contributed by atoms with Crippen LogP contribution in [0.25, 0.3) is 22.3 Å². The second kappa shape index (κ2) is 7.96. The summed E-state index contributed by atoms with van der Waals surface area (Å²) in [5, 5.41) is 0.487. The zero-order valence-corrected chi connectivity index (χ0v) is 19.4. The smallest absolute Gasteiger partial charge is 0.176 e. The molecule has 2 heterocycles.